The second kappa shape index (κ2) is 10.7. The van der Waals surface area contributed by atoms with Gasteiger partial charge in [-0.25, -0.2) is 4.98 Å². The second-order valence-corrected chi connectivity index (χ2v) is 21.3. The monoisotopic (exact) mass is 599 g/mol. The van der Waals surface area contributed by atoms with Crippen LogP contribution in [0.2, 0.25) is 27.3 Å². The zero-order chi connectivity index (χ0) is 29.1. The van der Waals surface area contributed by atoms with E-state index in [0.29, 0.717) is 11.2 Å². The van der Waals surface area contributed by atoms with Gasteiger partial charge >= 0.3 is 17.1 Å². The molecule has 218 valence electrons. The Balaban J connectivity index is 1.83. The highest BCUT2D eigenvalue weighted by atomic mass is 35.5. The predicted octanol–water partition coefficient (Wildman–Crippen LogP) is 5.04. The maximum absolute atomic E-state index is 12.1. The zero-order valence-corrected chi connectivity index (χ0v) is 27.2. The van der Waals surface area contributed by atoms with Crippen molar-refractivity contribution in [3.63, 3.8) is 0 Å². The van der Waals surface area contributed by atoms with Crippen LogP contribution in [0, 0.1) is 0 Å². The molecule has 14 heteroatoms. The number of anilines is 1. The van der Waals surface area contributed by atoms with E-state index < -0.39 is 41.2 Å². The van der Waals surface area contributed by atoms with E-state index in [0.717, 1.165) is 0 Å². The maximum Gasteiger partial charge on any atom is 0.335 e. The molecule has 1 unspecified atom stereocenters. The number of fused-ring (bicyclic) bond motifs is 2. The number of rotatable bonds is 6. The highest BCUT2D eigenvalue weighted by Gasteiger charge is 2.64. The summed E-state index contributed by atoms with van der Waals surface area (Å²) in [5.41, 5.74) is -0.295. The summed E-state index contributed by atoms with van der Waals surface area (Å²) in [7, 11) is -5.75. The highest BCUT2D eigenvalue weighted by Crippen LogP contribution is 2.51. The van der Waals surface area contributed by atoms with Crippen molar-refractivity contribution in [2.24, 2.45) is 0 Å². The van der Waals surface area contributed by atoms with Crippen LogP contribution in [0.5, 0.6) is 0 Å². The van der Waals surface area contributed by atoms with Crippen molar-refractivity contribution in [2.75, 3.05) is 11.9 Å². The van der Waals surface area contributed by atoms with E-state index in [1.165, 1.54) is 13.3 Å². The fourth-order valence-electron chi connectivity index (χ4n) is 5.95. The minimum atomic E-state index is -2.98. The summed E-state index contributed by atoms with van der Waals surface area (Å²) in [6.07, 6.45) is -0.701. The molecule has 2 aromatic heterocycles. The Morgan fingerprint density at radius 3 is 2.23 bits per heavy atom. The van der Waals surface area contributed by atoms with Crippen molar-refractivity contribution in [2.45, 2.75) is 115 Å². The highest BCUT2D eigenvalue weighted by molar-refractivity contribution is 6.84. The Hall–Kier alpha value is -1.46. The molecule has 1 amide bonds. The third kappa shape index (κ3) is 5.09. The summed E-state index contributed by atoms with van der Waals surface area (Å²) in [6.45, 7) is 20.5. The number of nitrogens with zero attached hydrogens (tertiary/aromatic N) is 4. The third-order valence-electron chi connectivity index (χ3n) is 7.96. The van der Waals surface area contributed by atoms with Gasteiger partial charge < -0.3 is 22.8 Å². The standard InChI is InChI=1S/C25H42ClN5O6Si2/c1-13(2)38(14(3)4)34-11-18-20(36-39(37-38,15(5)6)16(7)8)25(10,33)23(35-18)31-12-27-19-21(26)29-24(28-17(9)32)30-22(19)31/h12-16,18,20,23,33H,11H2,1-10H3,(H,28,29,30,32)/t18-,20-,23-,25?/m1/s1. The van der Waals surface area contributed by atoms with Gasteiger partial charge in [0.2, 0.25) is 11.9 Å². The molecule has 0 aliphatic carbocycles. The van der Waals surface area contributed by atoms with Crippen LogP contribution in [0.1, 0.15) is 75.5 Å². The number of hydrogen-bond acceptors (Lipinski definition) is 9. The van der Waals surface area contributed by atoms with Crippen molar-refractivity contribution < 1.29 is 27.6 Å². The second-order valence-electron chi connectivity index (χ2n) is 12.1. The van der Waals surface area contributed by atoms with Crippen molar-refractivity contribution in [1.29, 1.82) is 0 Å². The van der Waals surface area contributed by atoms with Gasteiger partial charge in [0, 0.05) is 6.92 Å². The van der Waals surface area contributed by atoms with E-state index in [1.807, 2.05) is 0 Å². The van der Waals surface area contributed by atoms with Gasteiger partial charge in [0.15, 0.2) is 17.0 Å². The van der Waals surface area contributed by atoms with Gasteiger partial charge in [-0.1, -0.05) is 67.0 Å². The first kappa shape index (κ1) is 30.5. The van der Waals surface area contributed by atoms with Gasteiger partial charge in [0.1, 0.15) is 23.3 Å². The SMILES string of the molecule is CC(=O)Nc1nc(Cl)c2ncn([C@@H]3O[C@@H]4CO[Si](C(C)C)(C(C)C)O[Si](C(C)C)(C(C)C)O[C@H]4C3(C)O)c2n1. The van der Waals surface area contributed by atoms with E-state index in [2.05, 4.69) is 75.7 Å². The lowest BCUT2D eigenvalue weighted by Gasteiger charge is -2.52. The summed E-state index contributed by atoms with van der Waals surface area (Å²) in [5, 5.41) is 14.7. The Morgan fingerprint density at radius 1 is 1.10 bits per heavy atom. The number of halogens is 1. The van der Waals surface area contributed by atoms with Crippen molar-refractivity contribution in [1.82, 2.24) is 19.5 Å². The van der Waals surface area contributed by atoms with E-state index in [-0.39, 0.29) is 45.8 Å². The molecule has 2 saturated heterocycles. The summed E-state index contributed by atoms with van der Waals surface area (Å²) in [6, 6.07) is 0. The van der Waals surface area contributed by atoms with Crippen molar-refractivity contribution >= 4 is 51.7 Å². The van der Waals surface area contributed by atoms with Gasteiger partial charge in [0.25, 0.3) is 0 Å². The minimum absolute atomic E-state index is 0.0362. The molecule has 0 spiro atoms. The van der Waals surface area contributed by atoms with Crippen LogP contribution in [0.15, 0.2) is 6.33 Å². The van der Waals surface area contributed by atoms with Crippen LogP contribution in [0.25, 0.3) is 11.2 Å². The summed E-state index contributed by atoms with van der Waals surface area (Å²) in [5.74, 6) is -0.301. The lowest BCUT2D eigenvalue weighted by Crippen LogP contribution is -2.66. The lowest BCUT2D eigenvalue weighted by molar-refractivity contribution is -0.114. The number of aromatic nitrogens is 4. The average Bonchev–Trinajstić information content (AvgIpc) is 3.31. The fourth-order valence-corrected chi connectivity index (χ4v) is 17.4. The van der Waals surface area contributed by atoms with Crippen molar-refractivity contribution in [3.8, 4) is 0 Å². The van der Waals surface area contributed by atoms with Gasteiger partial charge in [-0.2, -0.15) is 9.97 Å². The zero-order valence-electron chi connectivity index (χ0n) is 24.5. The first-order chi connectivity index (χ1) is 18.1. The molecule has 2 aliphatic heterocycles. The van der Waals surface area contributed by atoms with Crippen LogP contribution in [-0.2, 0) is 22.5 Å². The summed E-state index contributed by atoms with van der Waals surface area (Å²) in [4.78, 5) is 24.6. The van der Waals surface area contributed by atoms with Crippen LogP contribution in [0.3, 0.4) is 0 Å². The number of carbonyl (C=O) groups excluding carboxylic acids is 1. The van der Waals surface area contributed by atoms with E-state index >= 15 is 0 Å². The predicted molar refractivity (Wildman–Crippen MR) is 153 cm³/mol. The largest absolute Gasteiger partial charge is 0.414 e. The van der Waals surface area contributed by atoms with Gasteiger partial charge in [-0.15, -0.1) is 0 Å². The molecule has 4 heterocycles. The number of carbonyl (C=O) groups is 1. The maximum atomic E-state index is 12.1. The van der Waals surface area contributed by atoms with E-state index in [4.69, 9.17) is 29.3 Å². The summed E-state index contributed by atoms with van der Waals surface area (Å²) >= 11 is 6.37. The van der Waals surface area contributed by atoms with Gasteiger partial charge in [-0.3, -0.25) is 14.7 Å². The lowest BCUT2D eigenvalue weighted by atomic mass is 9.96. The molecule has 0 radical (unpaired) electrons. The molecule has 4 rings (SSSR count). The smallest absolute Gasteiger partial charge is 0.335 e. The Labute approximate surface area is 237 Å². The first-order valence-electron chi connectivity index (χ1n) is 13.6. The molecule has 0 aromatic carbocycles. The van der Waals surface area contributed by atoms with Crippen LogP contribution < -0.4 is 5.32 Å². The first-order valence-corrected chi connectivity index (χ1v) is 18.0. The Bertz CT molecular complexity index is 1210. The number of aliphatic hydroxyl groups is 1. The molecule has 11 nitrogen and oxygen atoms in total. The third-order valence-corrected chi connectivity index (χ3v) is 18.5. The van der Waals surface area contributed by atoms with Crippen LogP contribution in [0.4, 0.5) is 5.95 Å². The number of nitrogens with one attached hydrogen (secondary N) is 1. The molecule has 2 aliphatic rings. The van der Waals surface area contributed by atoms with Gasteiger partial charge in [-0.05, 0) is 29.1 Å². The molecule has 2 aromatic rings. The van der Waals surface area contributed by atoms with Crippen LogP contribution >= 0.6 is 11.6 Å². The number of amides is 1. The molecular weight excluding hydrogens is 558 g/mol. The average molecular weight is 600 g/mol. The van der Waals surface area contributed by atoms with Crippen LogP contribution in [-0.4, -0.2) is 72.1 Å². The summed E-state index contributed by atoms with van der Waals surface area (Å²) < 4.78 is 29.3. The number of ether oxygens (including phenoxy) is 1. The molecule has 2 fully saturated rings. The quantitative estimate of drug-likeness (QED) is 0.346. The van der Waals surface area contributed by atoms with Crippen molar-refractivity contribution in [3.05, 3.63) is 11.5 Å². The van der Waals surface area contributed by atoms with E-state index in [9.17, 15) is 9.90 Å². The molecule has 0 saturated carbocycles. The molecule has 0 bridgehead atoms. The minimum Gasteiger partial charge on any atom is -0.414 e. The molecule has 4 atom stereocenters. The Kier molecular flexibility index (Phi) is 8.40. The van der Waals surface area contributed by atoms with Gasteiger partial charge in [0.05, 0.1) is 12.9 Å². The normalized spacial score (nSPS) is 28.8. The number of imidazole rings is 1. The molecule has 39 heavy (non-hydrogen) atoms. The topological polar surface area (TPSA) is 130 Å². The number of hydrogen-bond donors (Lipinski definition) is 2. The molecular formula is C25H42ClN5O6Si2. The van der Waals surface area contributed by atoms with E-state index in [1.54, 1.807) is 11.5 Å². The Morgan fingerprint density at radius 2 is 1.69 bits per heavy atom. The molecule has 2 N–H and O–H groups in total. The fraction of sp³-hybridized carbons (Fsp3) is 0.760.